The van der Waals surface area contributed by atoms with Crippen LogP contribution in [0.4, 0.5) is 0 Å². The van der Waals surface area contributed by atoms with Gasteiger partial charge in [0.15, 0.2) is 0 Å². The van der Waals surface area contributed by atoms with Crippen molar-refractivity contribution in [3.05, 3.63) is 35.4 Å². The van der Waals surface area contributed by atoms with Gasteiger partial charge in [-0.25, -0.2) is 0 Å². The molecule has 90 valence electrons. The summed E-state index contributed by atoms with van der Waals surface area (Å²) in [4.78, 5) is 0. The zero-order chi connectivity index (χ0) is 12.1. The second-order valence-electron chi connectivity index (χ2n) is 5.28. The zero-order valence-corrected chi connectivity index (χ0v) is 10.7. The van der Waals surface area contributed by atoms with E-state index in [0.29, 0.717) is 11.8 Å². The average Bonchev–Trinajstić information content (AvgIpc) is 2.55. The second kappa shape index (κ2) is 5.87. The Morgan fingerprint density at radius 2 is 2.06 bits per heavy atom. The van der Waals surface area contributed by atoms with Crippen LogP contribution in [0.5, 0.6) is 0 Å². The normalized spacial score (nSPS) is 24.9. The van der Waals surface area contributed by atoms with E-state index >= 15 is 0 Å². The van der Waals surface area contributed by atoms with Gasteiger partial charge in [0, 0.05) is 6.42 Å². The number of benzene rings is 1. The van der Waals surface area contributed by atoms with Crippen molar-refractivity contribution in [1.82, 2.24) is 0 Å². The van der Waals surface area contributed by atoms with Crippen LogP contribution in [0.1, 0.15) is 55.6 Å². The van der Waals surface area contributed by atoms with E-state index in [-0.39, 0.29) is 0 Å². The first-order valence-corrected chi connectivity index (χ1v) is 6.75. The molecule has 1 fully saturated rings. The van der Waals surface area contributed by atoms with Crippen LogP contribution < -0.4 is 0 Å². The maximum absolute atomic E-state index is 8.98. The smallest absolute Gasteiger partial charge is 0.0624 e. The first-order chi connectivity index (χ1) is 8.31. The van der Waals surface area contributed by atoms with Gasteiger partial charge >= 0.3 is 0 Å². The van der Waals surface area contributed by atoms with Gasteiger partial charge in [0.2, 0.25) is 0 Å². The topological polar surface area (TPSA) is 23.8 Å². The van der Waals surface area contributed by atoms with Gasteiger partial charge in [-0.15, -0.1) is 0 Å². The number of rotatable bonds is 2. The first kappa shape index (κ1) is 12.2. The van der Waals surface area contributed by atoms with Crippen molar-refractivity contribution in [2.75, 3.05) is 0 Å². The molecule has 0 saturated heterocycles. The SMILES string of the molecule is Cc1cccc(C2CCCCCC2CC#N)c1. The predicted molar refractivity (Wildman–Crippen MR) is 70.7 cm³/mol. The molecular formula is C16H21N. The lowest BCUT2D eigenvalue weighted by atomic mass is 9.80. The van der Waals surface area contributed by atoms with E-state index in [9.17, 15) is 0 Å². The standard InChI is InChI=1S/C16H21N/c1-13-6-5-8-15(12-13)16-9-4-2-3-7-14(16)10-11-17/h5-6,8,12,14,16H,2-4,7,9-10H2,1H3. The molecule has 1 aliphatic rings. The van der Waals surface area contributed by atoms with Crippen LogP contribution in [0.3, 0.4) is 0 Å². The molecule has 1 aliphatic carbocycles. The second-order valence-corrected chi connectivity index (χ2v) is 5.28. The van der Waals surface area contributed by atoms with E-state index in [1.165, 1.54) is 43.2 Å². The number of hydrogen-bond acceptors (Lipinski definition) is 1. The van der Waals surface area contributed by atoms with E-state index < -0.39 is 0 Å². The van der Waals surface area contributed by atoms with Crippen molar-refractivity contribution in [2.45, 2.75) is 51.4 Å². The summed E-state index contributed by atoms with van der Waals surface area (Å²) in [6.07, 6.45) is 7.17. The van der Waals surface area contributed by atoms with Crippen LogP contribution in [-0.2, 0) is 0 Å². The third-order valence-electron chi connectivity index (χ3n) is 3.98. The van der Waals surface area contributed by atoms with Crippen molar-refractivity contribution >= 4 is 0 Å². The number of nitriles is 1. The van der Waals surface area contributed by atoms with Gasteiger partial charge < -0.3 is 0 Å². The number of aryl methyl sites for hydroxylation is 1. The monoisotopic (exact) mass is 227 g/mol. The number of hydrogen-bond donors (Lipinski definition) is 0. The van der Waals surface area contributed by atoms with Crippen molar-refractivity contribution in [3.63, 3.8) is 0 Å². The van der Waals surface area contributed by atoms with Crippen molar-refractivity contribution < 1.29 is 0 Å². The molecule has 1 nitrogen and oxygen atoms in total. The molecule has 0 heterocycles. The lowest BCUT2D eigenvalue weighted by Gasteiger charge is -2.23. The van der Waals surface area contributed by atoms with Crippen LogP contribution in [0.15, 0.2) is 24.3 Å². The Labute approximate surface area is 104 Å². The Hall–Kier alpha value is -1.29. The van der Waals surface area contributed by atoms with E-state index in [4.69, 9.17) is 5.26 Å². The number of nitrogens with zero attached hydrogens (tertiary/aromatic N) is 1. The Balaban J connectivity index is 2.22. The Bertz CT molecular complexity index is 402. The lowest BCUT2D eigenvalue weighted by molar-refractivity contribution is 0.406. The summed E-state index contributed by atoms with van der Waals surface area (Å²) in [7, 11) is 0. The van der Waals surface area contributed by atoms with Crippen LogP contribution in [0, 0.1) is 24.2 Å². The highest BCUT2D eigenvalue weighted by Crippen LogP contribution is 2.38. The van der Waals surface area contributed by atoms with E-state index in [1.54, 1.807) is 0 Å². The minimum absolute atomic E-state index is 0.573. The average molecular weight is 227 g/mol. The van der Waals surface area contributed by atoms with Gasteiger partial charge in [0.25, 0.3) is 0 Å². The molecule has 1 heteroatoms. The summed E-state index contributed by atoms with van der Waals surface area (Å²) >= 11 is 0. The molecule has 1 saturated carbocycles. The van der Waals surface area contributed by atoms with Crippen molar-refractivity contribution in [2.24, 2.45) is 5.92 Å². The quantitative estimate of drug-likeness (QED) is 0.679. The molecule has 0 bridgehead atoms. The Kier molecular flexibility index (Phi) is 4.20. The molecule has 0 spiro atoms. The highest BCUT2D eigenvalue weighted by molar-refractivity contribution is 5.26. The molecule has 2 unspecified atom stereocenters. The van der Waals surface area contributed by atoms with Gasteiger partial charge in [0.05, 0.1) is 6.07 Å². The van der Waals surface area contributed by atoms with Gasteiger partial charge in [-0.2, -0.15) is 5.26 Å². The molecule has 0 aromatic heterocycles. The largest absolute Gasteiger partial charge is 0.198 e. The Morgan fingerprint density at radius 3 is 2.82 bits per heavy atom. The summed E-state index contributed by atoms with van der Waals surface area (Å²) in [5, 5.41) is 8.98. The third-order valence-corrected chi connectivity index (χ3v) is 3.98. The van der Waals surface area contributed by atoms with Gasteiger partial charge in [-0.3, -0.25) is 0 Å². The van der Waals surface area contributed by atoms with Crippen LogP contribution in [0.2, 0.25) is 0 Å². The predicted octanol–water partition coefficient (Wildman–Crippen LogP) is 4.57. The fourth-order valence-corrected chi connectivity index (χ4v) is 3.09. The fourth-order valence-electron chi connectivity index (χ4n) is 3.09. The first-order valence-electron chi connectivity index (χ1n) is 6.75. The van der Waals surface area contributed by atoms with Crippen molar-refractivity contribution in [1.29, 1.82) is 5.26 Å². The minimum Gasteiger partial charge on any atom is -0.198 e. The molecule has 17 heavy (non-hydrogen) atoms. The maximum Gasteiger partial charge on any atom is 0.0624 e. The van der Waals surface area contributed by atoms with Crippen LogP contribution in [0.25, 0.3) is 0 Å². The summed E-state index contributed by atoms with van der Waals surface area (Å²) in [5.74, 6) is 1.18. The molecular weight excluding hydrogens is 206 g/mol. The molecule has 1 aromatic rings. The van der Waals surface area contributed by atoms with Crippen LogP contribution in [-0.4, -0.2) is 0 Å². The highest BCUT2D eigenvalue weighted by Gasteiger charge is 2.24. The Morgan fingerprint density at radius 1 is 1.24 bits per heavy atom. The van der Waals surface area contributed by atoms with Gasteiger partial charge in [0.1, 0.15) is 0 Å². The molecule has 2 atom stereocenters. The van der Waals surface area contributed by atoms with E-state index in [1.807, 2.05) is 0 Å². The molecule has 0 aliphatic heterocycles. The van der Waals surface area contributed by atoms with Gasteiger partial charge in [-0.05, 0) is 37.2 Å². The van der Waals surface area contributed by atoms with E-state index in [2.05, 4.69) is 37.3 Å². The fraction of sp³-hybridized carbons (Fsp3) is 0.562. The minimum atomic E-state index is 0.573. The van der Waals surface area contributed by atoms with Crippen LogP contribution >= 0.6 is 0 Å². The molecule has 0 radical (unpaired) electrons. The maximum atomic E-state index is 8.98. The molecule has 2 rings (SSSR count). The summed E-state index contributed by atoms with van der Waals surface area (Å²) in [6.45, 7) is 2.15. The molecule has 0 N–H and O–H groups in total. The highest BCUT2D eigenvalue weighted by atomic mass is 14.3. The zero-order valence-electron chi connectivity index (χ0n) is 10.7. The summed E-state index contributed by atoms with van der Waals surface area (Å²) in [6, 6.07) is 11.2. The summed E-state index contributed by atoms with van der Waals surface area (Å²) in [5.41, 5.74) is 2.79. The molecule has 0 amide bonds. The van der Waals surface area contributed by atoms with Gasteiger partial charge in [-0.1, -0.05) is 49.1 Å². The van der Waals surface area contributed by atoms with Crippen molar-refractivity contribution in [3.8, 4) is 6.07 Å². The summed E-state index contributed by atoms with van der Waals surface area (Å²) < 4.78 is 0. The third kappa shape index (κ3) is 3.09. The van der Waals surface area contributed by atoms with E-state index in [0.717, 1.165) is 6.42 Å². The molecule has 1 aromatic carbocycles. The lowest BCUT2D eigenvalue weighted by Crippen LogP contribution is -2.11.